The number of benzene rings is 3. The molecule has 0 aliphatic rings. The van der Waals surface area contributed by atoms with E-state index >= 15 is 0 Å². The van der Waals surface area contributed by atoms with Crippen LogP contribution in [0.4, 0.5) is 0 Å². The minimum absolute atomic E-state index is 0.0111. The maximum absolute atomic E-state index is 13.5. The van der Waals surface area contributed by atoms with Crippen LogP contribution in [0.3, 0.4) is 0 Å². The van der Waals surface area contributed by atoms with Gasteiger partial charge in [0.1, 0.15) is 5.75 Å². The quantitative estimate of drug-likeness (QED) is 0.334. The van der Waals surface area contributed by atoms with Crippen LogP contribution < -0.4 is 4.74 Å². The summed E-state index contributed by atoms with van der Waals surface area (Å²) in [5, 5.41) is 2.29. The topological polar surface area (TPSA) is 26.3 Å². The van der Waals surface area contributed by atoms with Crippen molar-refractivity contribution < 1.29 is 9.53 Å². The Morgan fingerprint density at radius 3 is 2.37 bits per heavy atom. The second-order valence-electron chi connectivity index (χ2n) is 7.27. The third kappa shape index (κ3) is 4.39. The fourth-order valence-electron chi connectivity index (χ4n) is 3.54. The molecule has 0 radical (unpaired) electrons. The summed E-state index contributed by atoms with van der Waals surface area (Å²) in [5.74, 6) is 0.743. The summed E-state index contributed by atoms with van der Waals surface area (Å²) < 4.78 is 6.12. The van der Waals surface area contributed by atoms with Crippen molar-refractivity contribution in [2.24, 2.45) is 0 Å². The lowest BCUT2D eigenvalue weighted by Gasteiger charge is -2.20. The molecular weight excluding hydrogens is 332 g/mol. The van der Waals surface area contributed by atoms with Crippen molar-refractivity contribution in [3.05, 3.63) is 77.4 Å². The van der Waals surface area contributed by atoms with Crippen LogP contribution in [-0.4, -0.2) is 11.9 Å². The molecule has 0 aliphatic carbocycles. The molecule has 0 fully saturated rings. The lowest BCUT2D eigenvalue weighted by atomic mass is 9.89. The van der Waals surface area contributed by atoms with Gasteiger partial charge in [0.15, 0.2) is 5.78 Å². The van der Waals surface area contributed by atoms with Crippen molar-refractivity contribution in [1.82, 2.24) is 0 Å². The van der Waals surface area contributed by atoms with Gasteiger partial charge in [0, 0.05) is 5.56 Å². The average molecular weight is 360 g/mol. The van der Waals surface area contributed by atoms with Crippen LogP contribution in [-0.2, 0) is 6.42 Å². The smallest absolute Gasteiger partial charge is 0.197 e. The number of hydrogen-bond acceptors (Lipinski definition) is 2. The van der Waals surface area contributed by atoms with E-state index in [1.54, 1.807) is 0 Å². The van der Waals surface area contributed by atoms with Crippen LogP contribution in [0, 0.1) is 0 Å². The Kier molecular flexibility index (Phi) is 6.28. The van der Waals surface area contributed by atoms with E-state index in [1.165, 1.54) is 0 Å². The maximum Gasteiger partial charge on any atom is 0.197 e. The van der Waals surface area contributed by atoms with E-state index in [4.69, 9.17) is 4.74 Å². The molecule has 0 N–H and O–H groups in total. The molecule has 0 saturated carbocycles. The zero-order chi connectivity index (χ0) is 19.2. The van der Waals surface area contributed by atoms with E-state index < -0.39 is 0 Å². The Morgan fingerprint density at radius 1 is 0.963 bits per heavy atom. The van der Waals surface area contributed by atoms with Gasteiger partial charge < -0.3 is 4.74 Å². The summed E-state index contributed by atoms with van der Waals surface area (Å²) in [6, 6.07) is 19.8. The Hall–Kier alpha value is -2.61. The summed E-state index contributed by atoms with van der Waals surface area (Å²) >= 11 is 0. The van der Waals surface area contributed by atoms with Gasteiger partial charge in [-0.15, -0.1) is 0 Å². The van der Waals surface area contributed by atoms with Crippen molar-refractivity contribution in [2.45, 2.75) is 52.6 Å². The normalized spacial score (nSPS) is 11.1. The van der Waals surface area contributed by atoms with Crippen molar-refractivity contribution in [2.75, 3.05) is 0 Å². The third-order valence-corrected chi connectivity index (χ3v) is 4.78. The molecule has 0 aromatic heterocycles. The number of ketones is 1. The third-order valence-electron chi connectivity index (χ3n) is 4.78. The van der Waals surface area contributed by atoms with E-state index in [0.29, 0.717) is 11.3 Å². The molecular formula is C25H28O2. The molecule has 3 aromatic rings. The largest absolute Gasteiger partial charge is 0.490 e. The number of ether oxygens (including phenoxy) is 1. The Labute approximate surface area is 162 Å². The summed E-state index contributed by atoms with van der Waals surface area (Å²) in [6.07, 6.45) is 4.28. The first kappa shape index (κ1) is 19.2. The van der Waals surface area contributed by atoms with Gasteiger partial charge in [-0.25, -0.2) is 0 Å². The number of unbranched alkanes of at least 4 members (excludes halogenated alkanes) is 2. The second-order valence-corrected chi connectivity index (χ2v) is 7.27. The van der Waals surface area contributed by atoms with E-state index in [-0.39, 0.29) is 11.9 Å². The fourth-order valence-corrected chi connectivity index (χ4v) is 3.54. The van der Waals surface area contributed by atoms with E-state index in [9.17, 15) is 4.79 Å². The van der Waals surface area contributed by atoms with Crippen LogP contribution in [0.25, 0.3) is 10.8 Å². The molecule has 3 rings (SSSR count). The van der Waals surface area contributed by atoms with E-state index in [2.05, 4.69) is 19.1 Å². The number of carbonyl (C=O) groups excluding carboxylic acids is 1. The van der Waals surface area contributed by atoms with Crippen LogP contribution in [0.5, 0.6) is 5.75 Å². The van der Waals surface area contributed by atoms with Gasteiger partial charge >= 0.3 is 0 Å². The molecule has 0 atom stereocenters. The van der Waals surface area contributed by atoms with Gasteiger partial charge in [-0.1, -0.05) is 74.4 Å². The Morgan fingerprint density at radius 2 is 1.67 bits per heavy atom. The van der Waals surface area contributed by atoms with Gasteiger partial charge in [-0.05, 0) is 49.1 Å². The van der Waals surface area contributed by atoms with Crippen molar-refractivity contribution in [3.63, 3.8) is 0 Å². The summed E-state index contributed by atoms with van der Waals surface area (Å²) in [5.41, 5.74) is 2.55. The van der Waals surface area contributed by atoms with Crippen LogP contribution >= 0.6 is 0 Å². The first-order valence-corrected chi connectivity index (χ1v) is 9.92. The summed E-state index contributed by atoms with van der Waals surface area (Å²) in [4.78, 5) is 13.5. The van der Waals surface area contributed by atoms with Gasteiger partial charge in [0.2, 0.25) is 0 Å². The molecule has 0 aliphatic heterocycles. The fraction of sp³-hybridized carbons (Fsp3) is 0.320. The number of fused-ring (bicyclic) bond motifs is 1. The lowest BCUT2D eigenvalue weighted by molar-refractivity contribution is 0.103. The summed E-state index contributed by atoms with van der Waals surface area (Å²) in [6.45, 7) is 6.21. The average Bonchev–Trinajstić information content (AvgIpc) is 2.68. The van der Waals surface area contributed by atoms with Crippen LogP contribution in [0.15, 0.2) is 60.7 Å². The first-order valence-electron chi connectivity index (χ1n) is 9.92. The SMILES string of the molecule is CCCCCc1c(C(=O)c2ccccc2)c(OC(C)C)cc2ccccc12. The van der Waals surface area contributed by atoms with Crippen molar-refractivity contribution in [3.8, 4) is 5.75 Å². The van der Waals surface area contributed by atoms with Crippen LogP contribution in [0.1, 0.15) is 61.5 Å². The number of rotatable bonds is 8. The van der Waals surface area contributed by atoms with E-state index in [1.807, 2.05) is 62.4 Å². The van der Waals surface area contributed by atoms with Crippen molar-refractivity contribution >= 4 is 16.6 Å². The number of hydrogen-bond donors (Lipinski definition) is 0. The molecule has 140 valence electrons. The molecule has 0 spiro atoms. The highest BCUT2D eigenvalue weighted by Crippen LogP contribution is 2.34. The minimum Gasteiger partial charge on any atom is -0.490 e. The first-order chi connectivity index (χ1) is 13.1. The minimum atomic E-state index is 0.0111. The standard InChI is InChI=1S/C25H28O2/c1-4-5-7-16-22-21-15-11-10-14-20(21)17-23(27-18(2)3)24(22)25(26)19-12-8-6-9-13-19/h6,8-15,17-18H,4-5,7,16H2,1-3H3. The van der Waals surface area contributed by atoms with Gasteiger partial charge in [0.25, 0.3) is 0 Å². The predicted molar refractivity (Wildman–Crippen MR) is 113 cm³/mol. The zero-order valence-corrected chi connectivity index (χ0v) is 16.5. The zero-order valence-electron chi connectivity index (χ0n) is 16.5. The Balaban J connectivity index is 2.22. The van der Waals surface area contributed by atoms with Gasteiger partial charge in [0.05, 0.1) is 11.7 Å². The number of aryl methyl sites for hydroxylation is 1. The molecule has 2 heteroatoms. The Bertz CT molecular complexity index is 910. The summed E-state index contributed by atoms with van der Waals surface area (Å²) in [7, 11) is 0. The molecule has 2 nitrogen and oxygen atoms in total. The molecule has 27 heavy (non-hydrogen) atoms. The predicted octanol–water partition coefficient (Wildman–Crippen LogP) is 6.59. The molecule has 0 unspecified atom stereocenters. The molecule has 0 heterocycles. The lowest BCUT2D eigenvalue weighted by Crippen LogP contribution is -2.13. The molecule has 0 bridgehead atoms. The number of carbonyl (C=O) groups is 1. The van der Waals surface area contributed by atoms with Crippen LogP contribution in [0.2, 0.25) is 0 Å². The van der Waals surface area contributed by atoms with Gasteiger partial charge in [-0.3, -0.25) is 4.79 Å². The second kappa shape index (κ2) is 8.85. The van der Waals surface area contributed by atoms with Crippen molar-refractivity contribution in [1.29, 1.82) is 0 Å². The highest BCUT2D eigenvalue weighted by molar-refractivity contribution is 6.14. The highest BCUT2D eigenvalue weighted by Gasteiger charge is 2.22. The van der Waals surface area contributed by atoms with Gasteiger partial charge in [-0.2, -0.15) is 0 Å². The molecule has 0 amide bonds. The molecule has 3 aromatic carbocycles. The maximum atomic E-state index is 13.5. The molecule has 0 saturated heterocycles. The van der Waals surface area contributed by atoms with E-state index in [0.717, 1.165) is 47.6 Å². The highest BCUT2D eigenvalue weighted by atomic mass is 16.5. The monoisotopic (exact) mass is 360 g/mol.